The Balaban J connectivity index is 2.10. The Morgan fingerprint density at radius 1 is 1.20 bits per heavy atom. The van der Waals surface area contributed by atoms with Crippen molar-refractivity contribution in [3.05, 3.63) is 59.4 Å². The van der Waals surface area contributed by atoms with E-state index in [-0.39, 0.29) is 11.9 Å². The van der Waals surface area contributed by atoms with Crippen LogP contribution in [0.25, 0.3) is 0 Å². The first-order valence-electron chi connectivity index (χ1n) is 6.74. The Hall–Kier alpha value is -2.03. The molecule has 2 aromatic carbocycles. The molecule has 0 aromatic heterocycles. The highest BCUT2D eigenvalue weighted by molar-refractivity contribution is 5.58. The van der Waals surface area contributed by atoms with Crippen molar-refractivity contribution in [1.82, 2.24) is 0 Å². The third-order valence-corrected chi connectivity index (χ3v) is 3.24. The number of hydrogen-bond acceptors (Lipinski definition) is 2. The minimum absolute atomic E-state index is 0.114. The zero-order valence-corrected chi connectivity index (χ0v) is 12.1. The highest BCUT2D eigenvalue weighted by Gasteiger charge is 2.10. The van der Waals surface area contributed by atoms with Gasteiger partial charge >= 0.3 is 0 Å². The van der Waals surface area contributed by atoms with E-state index >= 15 is 0 Å². The molecular formula is C17H20FNO. The van der Waals surface area contributed by atoms with Crippen LogP contribution in [0.1, 0.15) is 18.1 Å². The third kappa shape index (κ3) is 3.50. The molecule has 1 unspecified atom stereocenters. The van der Waals surface area contributed by atoms with Crippen molar-refractivity contribution < 1.29 is 9.13 Å². The third-order valence-electron chi connectivity index (χ3n) is 3.24. The maximum absolute atomic E-state index is 13.6. The molecule has 0 aliphatic carbocycles. The van der Waals surface area contributed by atoms with Gasteiger partial charge in [0.05, 0.1) is 12.8 Å². The molecule has 2 rings (SSSR count). The van der Waals surface area contributed by atoms with Crippen LogP contribution < -0.4 is 10.1 Å². The minimum Gasteiger partial charge on any atom is -0.495 e. The lowest BCUT2D eigenvalue weighted by Crippen LogP contribution is -2.19. The molecule has 0 bridgehead atoms. The Bertz CT molecular complexity index is 583. The van der Waals surface area contributed by atoms with Crippen LogP contribution >= 0.6 is 0 Å². The number of benzene rings is 2. The largest absolute Gasteiger partial charge is 0.495 e. The normalized spacial score (nSPS) is 12.0. The summed E-state index contributed by atoms with van der Waals surface area (Å²) in [6.07, 6.45) is 0.629. The van der Waals surface area contributed by atoms with Gasteiger partial charge in [-0.25, -0.2) is 4.39 Å². The van der Waals surface area contributed by atoms with Crippen molar-refractivity contribution in [3.8, 4) is 5.75 Å². The van der Waals surface area contributed by atoms with Crippen LogP contribution in [0.5, 0.6) is 5.75 Å². The summed E-state index contributed by atoms with van der Waals surface area (Å²) in [6.45, 7) is 4.07. The van der Waals surface area contributed by atoms with Crippen molar-refractivity contribution in [2.45, 2.75) is 26.3 Å². The second-order valence-corrected chi connectivity index (χ2v) is 5.04. The summed E-state index contributed by atoms with van der Waals surface area (Å²) in [5.41, 5.74) is 2.82. The number of ether oxygens (including phenoxy) is 1. The van der Waals surface area contributed by atoms with Crippen molar-refractivity contribution in [1.29, 1.82) is 0 Å². The standard InChI is InChI=1S/C17H20FNO/c1-12-8-9-17(20-3)16(10-12)19-13(2)11-14-6-4-5-7-15(14)18/h4-10,13,19H,11H2,1-3H3. The summed E-state index contributed by atoms with van der Waals surface area (Å²) >= 11 is 0. The first-order chi connectivity index (χ1) is 9.60. The fourth-order valence-corrected chi connectivity index (χ4v) is 2.24. The number of rotatable bonds is 5. The lowest BCUT2D eigenvalue weighted by molar-refractivity contribution is 0.416. The van der Waals surface area contributed by atoms with Crippen molar-refractivity contribution in [2.24, 2.45) is 0 Å². The molecule has 20 heavy (non-hydrogen) atoms. The van der Waals surface area contributed by atoms with E-state index in [0.29, 0.717) is 6.42 Å². The highest BCUT2D eigenvalue weighted by Crippen LogP contribution is 2.26. The molecule has 106 valence electrons. The molecule has 0 radical (unpaired) electrons. The van der Waals surface area contributed by atoms with Gasteiger partial charge in [-0.2, -0.15) is 0 Å². The molecule has 0 aliphatic rings. The minimum atomic E-state index is -0.155. The van der Waals surface area contributed by atoms with Crippen LogP contribution in [0, 0.1) is 12.7 Å². The van der Waals surface area contributed by atoms with E-state index in [1.54, 1.807) is 13.2 Å². The van der Waals surface area contributed by atoms with Crippen molar-refractivity contribution in [3.63, 3.8) is 0 Å². The van der Waals surface area contributed by atoms with E-state index in [9.17, 15) is 4.39 Å². The molecule has 0 spiro atoms. The zero-order chi connectivity index (χ0) is 14.5. The predicted octanol–water partition coefficient (Wildman–Crippen LogP) is 4.19. The van der Waals surface area contributed by atoms with Gasteiger partial charge in [0.2, 0.25) is 0 Å². The van der Waals surface area contributed by atoms with Crippen LogP contribution in [0.2, 0.25) is 0 Å². The first-order valence-corrected chi connectivity index (χ1v) is 6.74. The quantitative estimate of drug-likeness (QED) is 0.882. The molecule has 3 heteroatoms. The van der Waals surface area contributed by atoms with Gasteiger partial charge in [0.15, 0.2) is 0 Å². The summed E-state index contributed by atoms with van der Waals surface area (Å²) in [7, 11) is 1.65. The van der Waals surface area contributed by atoms with Crippen LogP contribution in [0.15, 0.2) is 42.5 Å². The number of nitrogens with one attached hydrogen (secondary N) is 1. The Kier molecular flexibility index (Phi) is 4.61. The van der Waals surface area contributed by atoms with Gasteiger partial charge in [-0.05, 0) is 49.6 Å². The summed E-state index contributed by atoms with van der Waals surface area (Å²) in [4.78, 5) is 0. The van der Waals surface area contributed by atoms with Gasteiger partial charge in [-0.3, -0.25) is 0 Å². The Morgan fingerprint density at radius 2 is 1.95 bits per heavy atom. The summed E-state index contributed by atoms with van der Waals surface area (Å²) < 4.78 is 19.0. The van der Waals surface area contributed by atoms with Crippen molar-refractivity contribution in [2.75, 3.05) is 12.4 Å². The average Bonchev–Trinajstić information content (AvgIpc) is 2.41. The van der Waals surface area contributed by atoms with Gasteiger partial charge < -0.3 is 10.1 Å². The molecule has 1 atom stereocenters. The van der Waals surface area contributed by atoms with E-state index in [4.69, 9.17) is 4.74 Å². The van der Waals surface area contributed by atoms with Gasteiger partial charge in [-0.1, -0.05) is 24.3 Å². The lowest BCUT2D eigenvalue weighted by Gasteiger charge is -2.18. The van der Waals surface area contributed by atoms with Gasteiger partial charge in [0, 0.05) is 6.04 Å². The second kappa shape index (κ2) is 6.42. The molecule has 1 N–H and O–H groups in total. The van der Waals surface area contributed by atoms with Gasteiger partial charge in [-0.15, -0.1) is 0 Å². The van der Waals surface area contributed by atoms with E-state index < -0.39 is 0 Å². The van der Waals surface area contributed by atoms with Crippen LogP contribution in [-0.2, 0) is 6.42 Å². The molecule has 2 nitrogen and oxygen atoms in total. The Labute approximate surface area is 119 Å². The maximum atomic E-state index is 13.6. The number of aryl methyl sites for hydroxylation is 1. The average molecular weight is 273 g/mol. The van der Waals surface area contributed by atoms with Crippen LogP contribution in [-0.4, -0.2) is 13.2 Å². The van der Waals surface area contributed by atoms with Crippen LogP contribution in [0.4, 0.5) is 10.1 Å². The molecular weight excluding hydrogens is 253 g/mol. The predicted molar refractivity (Wildman–Crippen MR) is 80.9 cm³/mol. The summed E-state index contributed by atoms with van der Waals surface area (Å²) in [5.74, 6) is 0.647. The Morgan fingerprint density at radius 3 is 2.65 bits per heavy atom. The second-order valence-electron chi connectivity index (χ2n) is 5.04. The topological polar surface area (TPSA) is 21.3 Å². The fraction of sp³-hybridized carbons (Fsp3) is 0.294. The molecule has 2 aromatic rings. The van der Waals surface area contributed by atoms with Crippen LogP contribution in [0.3, 0.4) is 0 Å². The fourth-order valence-electron chi connectivity index (χ4n) is 2.24. The molecule has 0 heterocycles. The summed E-state index contributed by atoms with van der Waals surface area (Å²) in [5, 5.41) is 3.39. The smallest absolute Gasteiger partial charge is 0.141 e. The number of methoxy groups -OCH3 is 1. The molecule has 0 fully saturated rings. The number of anilines is 1. The molecule has 0 saturated heterocycles. The number of halogens is 1. The summed E-state index contributed by atoms with van der Waals surface area (Å²) in [6, 6.07) is 13.0. The zero-order valence-electron chi connectivity index (χ0n) is 12.1. The highest BCUT2D eigenvalue weighted by atomic mass is 19.1. The maximum Gasteiger partial charge on any atom is 0.141 e. The van der Waals surface area contributed by atoms with Gasteiger partial charge in [0.1, 0.15) is 11.6 Å². The molecule has 0 aliphatic heterocycles. The van der Waals surface area contributed by atoms with Gasteiger partial charge in [0.25, 0.3) is 0 Å². The lowest BCUT2D eigenvalue weighted by atomic mass is 10.1. The van der Waals surface area contributed by atoms with E-state index in [1.165, 1.54) is 6.07 Å². The molecule has 0 saturated carbocycles. The monoisotopic (exact) mass is 273 g/mol. The van der Waals surface area contributed by atoms with E-state index in [0.717, 1.165) is 22.6 Å². The van der Waals surface area contributed by atoms with E-state index in [1.807, 2.05) is 44.2 Å². The molecule has 0 amide bonds. The SMILES string of the molecule is COc1ccc(C)cc1NC(C)Cc1ccccc1F. The number of hydrogen-bond donors (Lipinski definition) is 1. The first kappa shape index (κ1) is 14.4. The van der Waals surface area contributed by atoms with E-state index in [2.05, 4.69) is 5.32 Å². The van der Waals surface area contributed by atoms with Crippen molar-refractivity contribution >= 4 is 5.69 Å².